The van der Waals surface area contributed by atoms with Crippen molar-refractivity contribution in [1.82, 2.24) is 10.3 Å². The zero-order valence-corrected chi connectivity index (χ0v) is 10.1. The summed E-state index contributed by atoms with van der Waals surface area (Å²) in [5.74, 6) is -0.483. The summed E-state index contributed by atoms with van der Waals surface area (Å²) >= 11 is 3.25. The Hall–Kier alpha value is -0.520. The first kappa shape index (κ1) is 12.5. The van der Waals surface area contributed by atoms with Crippen molar-refractivity contribution in [3.05, 3.63) is 28.2 Å². The Morgan fingerprint density at radius 2 is 2.40 bits per heavy atom. The second kappa shape index (κ2) is 6.15. The molecule has 0 fully saturated rings. The second-order valence-electron chi connectivity index (χ2n) is 3.26. The van der Waals surface area contributed by atoms with Crippen LogP contribution in [0, 0.1) is 5.95 Å². The molecule has 1 aromatic rings. The molecule has 0 radical (unpaired) electrons. The molecule has 0 bridgehead atoms. The zero-order chi connectivity index (χ0) is 11.3. The van der Waals surface area contributed by atoms with Crippen LogP contribution in [-0.4, -0.2) is 22.7 Å². The van der Waals surface area contributed by atoms with E-state index in [4.69, 9.17) is 0 Å². The molecule has 0 saturated heterocycles. The lowest BCUT2D eigenvalue weighted by atomic mass is 10.2. The lowest BCUT2D eigenvalue weighted by Crippen LogP contribution is -2.26. The summed E-state index contributed by atoms with van der Waals surface area (Å²) in [5.41, 5.74) is 0.487. The van der Waals surface area contributed by atoms with Gasteiger partial charge in [0.05, 0.1) is 6.10 Å². The molecule has 2 N–H and O–H groups in total. The van der Waals surface area contributed by atoms with E-state index in [-0.39, 0.29) is 6.10 Å². The summed E-state index contributed by atoms with van der Waals surface area (Å²) in [6.45, 7) is 2.71. The van der Waals surface area contributed by atoms with Gasteiger partial charge in [0.15, 0.2) is 0 Å². The van der Waals surface area contributed by atoms with Crippen molar-refractivity contribution in [2.24, 2.45) is 0 Å². The van der Waals surface area contributed by atoms with Gasteiger partial charge in [0.25, 0.3) is 0 Å². The molecule has 1 atom stereocenters. The van der Waals surface area contributed by atoms with E-state index in [1.807, 2.05) is 6.92 Å². The van der Waals surface area contributed by atoms with Gasteiger partial charge in [0.1, 0.15) is 0 Å². The van der Waals surface area contributed by atoms with E-state index in [0.29, 0.717) is 29.5 Å². The molecule has 0 saturated carbocycles. The van der Waals surface area contributed by atoms with Crippen LogP contribution in [0.4, 0.5) is 4.39 Å². The summed E-state index contributed by atoms with van der Waals surface area (Å²) in [5, 5.41) is 12.3. The standard InChI is InChI=1S/C10H14BrFN2O/c1-2-7(15)5-13-6-8-9(11)3-4-14-10(8)12/h3-4,7,13,15H,2,5-6H2,1H3/t7-/m1/s1. The van der Waals surface area contributed by atoms with Crippen LogP contribution in [0.15, 0.2) is 16.7 Å². The Kier molecular flexibility index (Phi) is 5.14. The fourth-order valence-corrected chi connectivity index (χ4v) is 1.53. The molecule has 84 valence electrons. The van der Waals surface area contributed by atoms with Crippen molar-refractivity contribution in [3.63, 3.8) is 0 Å². The Morgan fingerprint density at radius 3 is 3.00 bits per heavy atom. The summed E-state index contributed by atoms with van der Waals surface area (Å²) in [7, 11) is 0. The van der Waals surface area contributed by atoms with E-state index in [9.17, 15) is 9.50 Å². The maximum absolute atomic E-state index is 13.2. The lowest BCUT2D eigenvalue weighted by molar-refractivity contribution is 0.167. The molecule has 5 heteroatoms. The average Bonchev–Trinajstić information content (AvgIpc) is 2.22. The van der Waals surface area contributed by atoms with Gasteiger partial charge in [-0.05, 0) is 12.5 Å². The predicted octanol–water partition coefficient (Wildman–Crippen LogP) is 1.84. The predicted molar refractivity (Wildman–Crippen MR) is 59.9 cm³/mol. The molecule has 0 aliphatic carbocycles. The summed E-state index contributed by atoms with van der Waals surface area (Å²) in [6, 6.07) is 1.69. The van der Waals surface area contributed by atoms with Crippen LogP contribution >= 0.6 is 15.9 Å². The van der Waals surface area contributed by atoms with E-state index in [1.54, 1.807) is 6.07 Å². The Balaban J connectivity index is 2.50. The van der Waals surface area contributed by atoms with Gasteiger partial charge in [0, 0.05) is 29.3 Å². The molecule has 0 aliphatic rings. The van der Waals surface area contributed by atoms with E-state index >= 15 is 0 Å². The molecule has 1 heterocycles. The quantitative estimate of drug-likeness (QED) is 0.807. The van der Waals surface area contributed by atoms with Crippen molar-refractivity contribution in [2.75, 3.05) is 6.54 Å². The van der Waals surface area contributed by atoms with Gasteiger partial charge >= 0.3 is 0 Å². The number of aliphatic hydroxyl groups excluding tert-OH is 1. The molecular weight excluding hydrogens is 263 g/mol. The first-order valence-corrected chi connectivity index (χ1v) is 5.62. The van der Waals surface area contributed by atoms with Crippen LogP contribution in [0.1, 0.15) is 18.9 Å². The molecule has 0 spiro atoms. The van der Waals surface area contributed by atoms with E-state index < -0.39 is 5.95 Å². The van der Waals surface area contributed by atoms with Crippen molar-refractivity contribution < 1.29 is 9.50 Å². The fraction of sp³-hybridized carbons (Fsp3) is 0.500. The minimum Gasteiger partial charge on any atom is -0.392 e. The van der Waals surface area contributed by atoms with Crippen LogP contribution in [0.3, 0.4) is 0 Å². The number of halogens is 2. The topological polar surface area (TPSA) is 45.1 Å². The normalized spacial score (nSPS) is 12.8. The monoisotopic (exact) mass is 276 g/mol. The molecule has 0 aliphatic heterocycles. The van der Waals surface area contributed by atoms with Crippen LogP contribution in [0.5, 0.6) is 0 Å². The highest BCUT2D eigenvalue weighted by molar-refractivity contribution is 9.10. The summed E-state index contributed by atoms with van der Waals surface area (Å²) in [6.07, 6.45) is 1.71. The van der Waals surface area contributed by atoms with Crippen LogP contribution in [-0.2, 0) is 6.54 Å². The van der Waals surface area contributed by atoms with Gasteiger partial charge < -0.3 is 10.4 Å². The molecule has 0 amide bonds. The van der Waals surface area contributed by atoms with Crippen molar-refractivity contribution in [2.45, 2.75) is 26.0 Å². The highest BCUT2D eigenvalue weighted by Gasteiger charge is 2.07. The lowest BCUT2D eigenvalue weighted by Gasteiger charge is -2.10. The van der Waals surface area contributed by atoms with Gasteiger partial charge in [-0.15, -0.1) is 0 Å². The maximum Gasteiger partial charge on any atom is 0.218 e. The smallest absolute Gasteiger partial charge is 0.218 e. The van der Waals surface area contributed by atoms with Crippen LogP contribution in [0.25, 0.3) is 0 Å². The minimum absolute atomic E-state index is 0.358. The molecule has 0 aromatic carbocycles. The van der Waals surface area contributed by atoms with Crippen molar-refractivity contribution >= 4 is 15.9 Å². The number of hydrogen-bond donors (Lipinski definition) is 2. The van der Waals surface area contributed by atoms with Gasteiger partial charge in [0.2, 0.25) is 5.95 Å². The van der Waals surface area contributed by atoms with Gasteiger partial charge in [-0.1, -0.05) is 22.9 Å². The first-order valence-electron chi connectivity index (χ1n) is 4.82. The van der Waals surface area contributed by atoms with E-state index in [2.05, 4.69) is 26.2 Å². The third kappa shape index (κ3) is 3.85. The Bertz CT molecular complexity index is 302. The largest absolute Gasteiger partial charge is 0.392 e. The Morgan fingerprint density at radius 1 is 1.67 bits per heavy atom. The van der Waals surface area contributed by atoms with Gasteiger partial charge in [-0.25, -0.2) is 4.98 Å². The first-order chi connectivity index (χ1) is 7.15. The van der Waals surface area contributed by atoms with Crippen LogP contribution in [0.2, 0.25) is 0 Å². The second-order valence-corrected chi connectivity index (χ2v) is 4.11. The zero-order valence-electron chi connectivity index (χ0n) is 8.50. The number of aliphatic hydroxyl groups is 1. The molecule has 3 nitrogen and oxygen atoms in total. The number of pyridine rings is 1. The highest BCUT2D eigenvalue weighted by atomic mass is 79.9. The summed E-state index contributed by atoms with van der Waals surface area (Å²) in [4.78, 5) is 3.56. The number of rotatable bonds is 5. The Labute approximate surface area is 96.9 Å². The molecule has 1 rings (SSSR count). The van der Waals surface area contributed by atoms with E-state index in [1.165, 1.54) is 6.20 Å². The van der Waals surface area contributed by atoms with Crippen LogP contribution < -0.4 is 5.32 Å². The van der Waals surface area contributed by atoms with Gasteiger partial charge in [-0.2, -0.15) is 4.39 Å². The number of aromatic nitrogens is 1. The minimum atomic E-state index is -0.483. The molecule has 1 aromatic heterocycles. The molecule has 0 unspecified atom stereocenters. The highest BCUT2D eigenvalue weighted by Crippen LogP contribution is 2.17. The number of nitrogens with zero attached hydrogens (tertiary/aromatic N) is 1. The number of nitrogens with one attached hydrogen (secondary N) is 1. The SMILES string of the molecule is CC[C@@H](O)CNCc1c(Br)ccnc1F. The van der Waals surface area contributed by atoms with Crippen molar-refractivity contribution in [3.8, 4) is 0 Å². The fourth-order valence-electron chi connectivity index (χ4n) is 1.11. The average molecular weight is 277 g/mol. The maximum atomic E-state index is 13.2. The van der Waals surface area contributed by atoms with Crippen molar-refractivity contribution in [1.29, 1.82) is 0 Å². The van der Waals surface area contributed by atoms with Gasteiger partial charge in [-0.3, -0.25) is 0 Å². The third-order valence-corrected chi connectivity index (χ3v) is 2.84. The third-order valence-electron chi connectivity index (χ3n) is 2.10. The van der Waals surface area contributed by atoms with E-state index in [0.717, 1.165) is 0 Å². The molecular formula is C10H14BrFN2O. The summed E-state index contributed by atoms with van der Waals surface area (Å²) < 4.78 is 13.9. The molecule has 15 heavy (non-hydrogen) atoms. The number of hydrogen-bond acceptors (Lipinski definition) is 3.